The summed E-state index contributed by atoms with van der Waals surface area (Å²) in [5.74, 6) is 0. The van der Waals surface area contributed by atoms with Crippen LogP contribution in [0.5, 0.6) is 0 Å². The predicted molar refractivity (Wildman–Crippen MR) is 46.9 cm³/mol. The first-order valence-electron chi connectivity index (χ1n) is 4.57. The number of hydrogen-bond donors (Lipinski definition) is 0. The molecule has 2 heterocycles. The van der Waals surface area contributed by atoms with Crippen LogP contribution in [0.3, 0.4) is 0 Å². The second kappa shape index (κ2) is 1.91. The molecule has 2 aliphatic rings. The molecule has 0 amide bonds. The molecular formula is C11H12O. The smallest absolute Gasteiger partial charge is 0.0916 e. The van der Waals surface area contributed by atoms with Crippen LogP contribution in [0, 0.1) is 0 Å². The first-order valence-corrected chi connectivity index (χ1v) is 4.57. The molecule has 0 aromatic heterocycles. The molecule has 12 heavy (non-hydrogen) atoms. The third-order valence-electron chi connectivity index (χ3n) is 3.16. The molecule has 0 radical (unpaired) electrons. The van der Waals surface area contributed by atoms with E-state index in [1.54, 1.807) is 0 Å². The van der Waals surface area contributed by atoms with Crippen molar-refractivity contribution in [2.24, 2.45) is 0 Å². The highest BCUT2D eigenvalue weighted by Gasteiger charge is 2.46. The summed E-state index contributed by atoms with van der Waals surface area (Å²) in [4.78, 5) is 0. The van der Waals surface area contributed by atoms with E-state index in [4.69, 9.17) is 4.74 Å². The van der Waals surface area contributed by atoms with E-state index >= 15 is 0 Å². The summed E-state index contributed by atoms with van der Waals surface area (Å²) in [5.41, 5.74) is 2.88. The number of fused-ring (bicyclic) bond motifs is 5. The van der Waals surface area contributed by atoms with E-state index in [1.807, 2.05) is 0 Å². The maximum absolute atomic E-state index is 5.93. The van der Waals surface area contributed by atoms with Crippen LogP contribution in [-0.4, -0.2) is 0 Å². The fraction of sp³-hybridized carbons (Fsp3) is 0.455. The minimum absolute atomic E-state index is 0.0429. The summed E-state index contributed by atoms with van der Waals surface area (Å²) in [5, 5.41) is 0. The lowest BCUT2D eigenvalue weighted by atomic mass is 9.84. The summed E-state index contributed by atoms with van der Waals surface area (Å²) in [7, 11) is 0. The van der Waals surface area contributed by atoms with Crippen LogP contribution in [0.2, 0.25) is 0 Å². The van der Waals surface area contributed by atoms with Crippen LogP contribution in [-0.2, 0) is 10.3 Å². The standard InChI is InChI=1S/C11H12O/c1-11-7-6-10(12-11)8-4-2-3-5-9(8)11/h2-5,10H,6-7H2,1H3/t10-,11+/m0/s1. The number of hydrogen-bond acceptors (Lipinski definition) is 1. The van der Waals surface area contributed by atoms with Gasteiger partial charge < -0.3 is 4.74 Å². The normalized spacial score (nSPS) is 36.9. The quantitative estimate of drug-likeness (QED) is 0.567. The molecule has 0 saturated carbocycles. The lowest BCUT2D eigenvalue weighted by Gasteiger charge is -2.20. The molecule has 0 spiro atoms. The molecule has 3 rings (SSSR count). The topological polar surface area (TPSA) is 9.23 Å². The monoisotopic (exact) mass is 160 g/mol. The van der Waals surface area contributed by atoms with Gasteiger partial charge in [0.05, 0.1) is 11.7 Å². The molecular weight excluding hydrogens is 148 g/mol. The molecule has 0 N–H and O–H groups in total. The molecule has 2 aliphatic heterocycles. The summed E-state index contributed by atoms with van der Waals surface area (Å²) in [6.07, 6.45) is 2.79. The highest BCUT2D eigenvalue weighted by atomic mass is 16.5. The van der Waals surface area contributed by atoms with E-state index in [-0.39, 0.29) is 5.60 Å². The van der Waals surface area contributed by atoms with Crippen molar-refractivity contribution in [1.29, 1.82) is 0 Å². The van der Waals surface area contributed by atoms with Crippen molar-refractivity contribution >= 4 is 0 Å². The highest BCUT2D eigenvalue weighted by Crippen LogP contribution is 2.54. The average Bonchev–Trinajstić information content (AvgIpc) is 2.60. The molecule has 1 aromatic rings. The molecule has 0 aliphatic carbocycles. The lowest BCUT2D eigenvalue weighted by Crippen LogP contribution is -2.16. The van der Waals surface area contributed by atoms with Gasteiger partial charge in [-0.25, -0.2) is 0 Å². The van der Waals surface area contributed by atoms with E-state index in [9.17, 15) is 0 Å². The molecule has 1 fully saturated rings. The Balaban J connectivity index is 2.27. The van der Waals surface area contributed by atoms with Gasteiger partial charge in [0.15, 0.2) is 0 Å². The van der Waals surface area contributed by atoms with Crippen LogP contribution >= 0.6 is 0 Å². The van der Waals surface area contributed by atoms with Crippen LogP contribution in [0.1, 0.15) is 37.0 Å². The van der Waals surface area contributed by atoms with Gasteiger partial charge in [-0.15, -0.1) is 0 Å². The van der Waals surface area contributed by atoms with E-state index in [0.29, 0.717) is 6.10 Å². The predicted octanol–water partition coefficient (Wildman–Crippen LogP) is 2.77. The molecule has 1 heteroatoms. The van der Waals surface area contributed by atoms with Gasteiger partial charge in [0.2, 0.25) is 0 Å². The minimum Gasteiger partial charge on any atom is -0.363 e. The Morgan fingerprint density at radius 2 is 2.25 bits per heavy atom. The van der Waals surface area contributed by atoms with Crippen molar-refractivity contribution in [2.75, 3.05) is 0 Å². The van der Waals surface area contributed by atoms with E-state index < -0.39 is 0 Å². The van der Waals surface area contributed by atoms with Crippen LogP contribution < -0.4 is 0 Å². The van der Waals surface area contributed by atoms with Crippen molar-refractivity contribution in [3.8, 4) is 0 Å². The Morgan fingerprint density at radius 1 is 1.42 bits per heavy atom. The van der Waals surface area contributed by atoms with Gasteiger partial charge in [-0.3, -0.25) is 0 Å². The van der Waals surface area contributed by atoms with E-state index in [1.165, 1.54) is 24.0 Å². The van der Waals surface area contributed by atoms with Crippen molar-refractivity contribution in [1.82, 2.24) is 0 Å². The average molecular weight is 160 g/mol. The van der Waals surface area contributed by atoms with Crippen LogP contribution in [0.25, 0.3) is 0 Å². The largest absolute Gasteiger partial charge is 0.363 e. The first kappa shape index (κ1) is 6.67. The van der Waals surface area contributed by atoms with Crippen molar-refractivity contribution in [2.45, 2.75) is 31.5 Å². The van der Waals surface area contributed by atoms with Crippen LogP contribution in [0.15, 0.2) is 24.3 Å². The van der Waals surface area contributed by atoms with E-state index in [0.717, 1.165) is 0 Å². The molecule has 1 aromatic carbocycles. The highest BCUT2D eigenvalue weighted by molar-refractivity contribution is 5.39. The van der Waals surface area contributed by atoms with Crippen LogP contribution in [0.4, 0.5) is 0 Å². The Labute approximate surface area is 72.4 Å². The number of benzene rings is 1. The molecule has 2 atom stereocenters. The van der Waals surface area contributed by atoms with Gasteiger partial charge in [0.25, 0.3) is 0 Å². The Morgan fingerprint density at radius 3 is 3.08 bits per heavy atom. The van der Waals surface area contributed by atoms with E-state index in [2.05, 4.69) is 31.2 Å². The van der Waals surface area contributed by atoms with Crippen molar-refractivity contribution < 1.29 is 4.74 Å². The zero-order valence-electron chi connectivity index (χ0n) is 7.21. The van der Waals surface area contributed by atoms with Gasteiger partial charge in [0, 0.05) is 0 Å². The zero-order chi connectivity index (χ0) is 8.18. The van der Waals surface area contributed by atoms with Gasteiger partial charge in [-0.2, -0.15) is 0 Å². The fourth-order valence-electron chi connectivity index (χ4n) is 2.51. The number of rotatable bonds is 0. The summed E-state index contributed by atoms with van der Waals surface area (Å²) in [6, 6.07) is 8.61. The molecule has 62 valence electrons. The maximum atomic E-state index is 5.93. The Bertz CT molecular complexity index is 332. The maximum Gasteiger partial charge on any atom is 0.0916 e. The molecule has 2 bridgehead atoms. The number of ether oxygens (including phenoxy) is 1. The Kier molecular flexibility index (Phi) is 1.06. The Hall–Kier alpha value is -0.820. The summed E-state index contributed by atoms with van der Waals surface area (Å²) >= 11 is 0. The van der Waals surface area contributed by atoms with Gasteiger partial charge in [-0.1, -0.05) is 24.3 Å². The first-order chi connectivity index (χ1) is 5.80. The van der Waals surface area contributed by atoms with Crippen molar-refractivity contribution in [3.05, 3.63) is 35.4 Å². The fourth-order valence-corrected chi connectivity index (χ4v) is 2.51. The third-order valence-corrected chi connectivity index (χ3v) is 3.16. The second-order valence-corrected chi connectivity index (χ2v) is 3.96. The summed E-state index contributed by atoms with van der Waals surface area (Å²) < 4.78 is 5.93. The minimum atomic E-state index is 0.0429. The summed E-state index contributed by atoms with van der Waals surface area (Å²) in [6.45, 7) is 2.21. The third kappa shape index (κ3) is 0.632. The van der Waals surface area contributed by atoms with Gasteiger partial charge in [-0.05, 0) is 30.9 Å². The SMILES string of the molecule is C[C@]12CC[C@H](O1)c1ccccc12. The lowest BCUT2D eigenvalue weighted by molar-refractivity contribution is -0.00700. The molecule has 1 nitrogen and oxygen atoms in total. The van der Waals surface area contributed by atoms with Crippen molar-refractivity contribution in [3.63, 3.8) is 0 Å². The molecule has 0 unspecified atom stereocenters. The van der Waals surface area contributed by atoms with Gasteiger partial charge >= 0.3 is 0 Å². The molecule has 1 saturated heterocycles. The second-order valence-electron chi connectivity index (χ2n) is 3.96. The zero-order valence-corrected chi connectivity index (χ0v) is 7.21. The van der Waals surface area contributed by atoms with Gasteiger partial charge in [0.1, 0.15) is 0 Å².